The van der Waals surface area contributed by atoms with E-state index >= 15 is 0 Å². The average Bonchev–Trinajstić information content (AvgIpc) is 3.54. The van der Waals surface area contributed by atoms with Crippen molar-refractivity contribution >= 4 is 61.9 Å². The maximum Gasteiger partial charge on any atom is 0.251 e. The monoisotopic (exact) mass is 564 g/mol. The number of halogens is 1. The lowest BCUT2D eigenvalue weighted by Crippen LogP contribution is -2.24. The molecule has 192 valence electrons. The third kappa shape index (κ3) is 5.80. The highest BCUT2D eigenvalue weighted by Gasteiger charge is 2.19. The van der Waals surface area contributed by atoms with E-state index in [9.17, 15) is 9.59 Å². The van der Waals surface area contributed by atoms with Gasteiger partial charge in [0.15, 0.2) is 16.1 Å². The number of nitrogens with one attached hydrogen (secondary N) is 2. The highest BCUT2D eigenvalue weighted by Crippen LogP contribution is 2.28. The molecule has 0 saturated heterocycles. The number of rotatable bonds is 9. The van der Waals surface area contributed by atoms with Crippen LogP contribution >= 0.6 is 34.7 Å². The Morgan fingerprint density at radius 1 is 1.03 bits per heavy atom. The Labute approximate surface area is 231 Å². The largest absolute Gasteiger partial charge is 0.497 e. The van der Waals surface area contributed by atoms with E-state index in [2.05, 4.69) is 25.8 Å². The molecule has 0 radical (unpaired) electrons. The summed E-state index contributed by atoms with van der Waals surface area (Å²) in [7, 11) is 1.57. The van der Waals surface area contributed by atoms with Crippen LogP contribution in [-0.2, 0) is 11.3 Å². The molecule has 0 saturated carbocycles. The molecule has 0 fully saturated rings. The molecule has 2 heterocycles. The van der Waals surface area contributed by atoms with Crippen LogP contribution in [0, 0.1) is 0 Å². The maximum absolute atomic E-state index is 12.7. The minimum atomic E-state index is -0.272. The Kier molecular flexibility index (Phi) is 7.87. The molecular weight excluding hydrogens is 544 g/mol. The third-order valence-corrected chi connectivity index (χ3v) is 7.63. The van der Waals surface area contributed by atoms with Crippen LogP contribution in [0.25, 0.3) is 15.9 Å². The molecule has 0 aliphatic heterocycles. The van der Waals surface area contributed by atoms with Gasteiger partial charge < -0.3 is 15.4 Å². The number of carbonyl (C=O) groups excluding carboxylic acids is 2. The number of methoxy groups -OCH3 is 1. The molecule has 0 bridgehead atoms. The summed E-state index contributed by atoms with van der Waals surface area (Å²) in [6.07, 6.45) is 0. The smallest absolute Gasteiger partial charge is 0.251 e. The van der Waals surface area contributed by atoms with Crippen molar-refractivity contribution in [2.24, 2.45) is 0 Å². The zero-order valence-electron chi connectivity index (χ0n) is 20.1. The molecule has 9 nitrogen and oxygen atoms in total. The Hall–Kier alpha value is -3.93. The summed E-state index contributed by atoms with van der Waals surface area (Å²) in [5.74, 6) is 0.710. The van der Waals surface area contributed by atoms with Crippen molar-refractivity contribution < 1.29 is 14.3 Å². The normalized spacial score (nSPS) is 10.9. The number of hydrogen-bond donors (Lipinski definition) is 2. The van der Waals surface area contributed by atoms with Crippen LogP contribution in [0.3, 0.4) is 0 Å². The van der Waals surface area contributed by atoms with E-state index in [0.717, 1.165) is 10.2 Å². The van der Waals surface area contributed by atoms with E-state index in [-0.39, 0.29) is 24.1 Å². The number of hydrogen-bond acceptors (Lipinski definition) is 8. The van der Waals surface area contributed by atoms with E-state index in [1.54, 1.807) is 42.0 Å². The first-order valence-electron chi connectivity index (χ1n) is 11.4. The molecule has 2 N–H and O–H groups in total. The van der Waals surface area contributed by atoms with Crippen LogP contribution in [0.1, 0.15) is 16.2 Å². The number of nitrogens with zero attached hydrogens (tertiary/aromatic N) is 4. The van der Waals surface area contributed by atoms with Gasteiger partial charge in [-0.1, -0.05) is 59.0 Å². The molecule has 0 aliphatic rings. The van der Waals surface area contributed by atoms with Crippen LogP contribution < -0.4 is 15.4 Å². The number of carbonyl (C=O) groups is 2. The summed E-state index contributed by atoms with van der Waals surface area (Å²) in [6.45, 7) is 0.0988. The van der Waals surface area contributed by atoms with Gasteiger partial charge in [0.05, 0.1) is 40.3 Å². The number of aromatic nitrogens is 4. The number of benzene rings is 3. The highest BCUT2D eigenvalue weighted by atomic mass is 35.5. The molecule has 0 spiro atoms. The van der Waals surface area contributed by atoms with Crippen LogP contribution in [0.4, 0.5) is 5.13 Å². The van der Waals surface area contributed by atoms with Gasteiger partial charge in [0.2, 0.25) is 5.91 Å². The Balaban J connectivity index is 1.31. The van der Waals surface area contributed by atoms with E-state index < -0.39 is 0 Å². The van der Waals surface area contributed by atoms with Crippen molar-refractivity contribution in [3.63, 3.8) is 0 Å². The fourth-order valence-electron chi connectivity index (χ4n) is 3.60. The van der Waals surface area contributed by atoms with Gasteiger partial charge in [-0.2, -0.15) is 0 Å². The van der Waals surface area contributed by atoms with E-state index in [1.807, 2.05) is 42.5 Å². The van der Waals surface area contributed by atoms with Gasteiger partial charge in [-0.05, 0) is 48.5 Å². The van der Waals surface area contributed by atoms with Crippen molar-refractivity contribution in [3.05, 3.63) is 89.2 Å². The van der Waals surface area contributed by atoms with Gasteiger partial charge in [-0.25, -0.2) is 4.98 Å². The van der Waals surface area contributed by atoms with E-state index in [0.29, 0.717) is 38.1 Å². The number of amides is 2. The Bertz CT molecular complexity index is 1570. The molecule has 2 amide bonds. The molecular formula is C26H21ClN6O3S2. The number of thiazole rings is 1. The van der Waals surface area contributed by atoms with E-state index in [1.165, 1.54) is 23.1 Å². The van der Waals surface area contributed by atoms with Gasteiger partial charge in [0.25, 0.3) is 5.91 Å². The van der Waals surface area contributed by atoms with Gasteiger partial charge in [0, 0.05) is 5.56 Å². The Morgan fingerprint density at radius 2 is 1.79 bits per heavy atom. The zero-order valence-corrected chi connectivity index (χ0v) is 22.4. The van der Waals surface area contributed by atoms with E-state index in [4.69, 9.17) is 16.3 Å². The standard InChI is InChI=1S/C26H21ClN6O3S2/c1-36-17-12-10-16(11-13-17)24(35)28-14-22-31-32-26(33(22)20-8-4-2-6-18(20)27)37-15-23(34)30-25-29-19-7-3-5-9-21(19)38-25/h2-13H,14-15H2,1H3,(H,28,35)(H,29,30,34). The fraction of sp³-hybridized carbons (Fsp3) is 0.115. The topological polar surface area (TPSA) is 111 Å². The van der Waals surface area contributed by atoms with Gasteiger partial charge in [-0.15, -0.1) is 10.2 Å². The molecule has 0 aliphatic carbocycles. The molecule has 0 unspecified atom stereocenters. The number of anilines is 1. The lowest BCUT2D eigenvalue weighted by Gasteiger charge is -2.12. The van der Waals surface area contributed by atoms with Crippen LogP contribution in [0.2, 0.25) is 5.02 Å². The van der Waals surface area contributed by atoms with Crippen molar-refractivity contribution in [2.75, 3.05) is 18.2 Å². The lowest BCUT2D eigenvalue weighted by atomic mass is 10.2. The first-order chi connectivity index (χ1) is 18.5. The zero-order chi connectivity index (χ0) is 26.5. The summed E-state index contributed by atoms with van der Waals surface area (Å²) < 4.78 is 7.88. The first kappa shape index (κ1) is 25.7. The number of thioether (sulfide) groups is 1. The average molecular weight is 565 g/mol. The quantitative estimate of drug-likeness (QED) is 0.237. The van der Waals surface area contributed by atoms with Gasteiger partial charge in [-0.3, -0.25) is 14.2 Å². The summed E-state index contributed by atoms with van der Waals surface area (Å²) in [4.78, 5) is 29.8. The van der Waals surface area contributed by atoms with Crippen LogP contribution in [0.5, 0.6) is 5.75 Å². The van der Waals surface area contributed by atoms with Crippen molar-refractivity contribution in [2.45, 2.75) is 11.7 Å². The molecule has 3 aromatic carbocycles. The maximum atomic E-state index is 12.7. The molecule has 5 rings (SSSR count). The number of fused-ring (bicyclic) bond motifs is 1. The van der Waals surface area contributed by atoms with Gasteiger partial charge in [0.1, 0.15) is 5.75 Å². The summed E-state index contributed by atoms with van der Waals surface area (Å²) in [5, 5.41) is 15.7. The second-order valence-electron chi connectivity index (χ2n) is 7.92. The molecule has 2 aromatic heterocycles. The van der Waals surface area contributed by atoms with Crippen LogP contribution in [0.15, 0.2) is 78.0 Å². The second-order valence-corrected chi connectivity index (χ2v) is 10.3. The summed E-state index contributed by atoms with van der Waals surface area (Å²) in [5.41, 5.74) is 1.96. The minimum absolute atomic E-state index is 0.0801. The SMILES string of the molecule is COc1ccc(C(=O)NCc2nnc(SCC(=O)Nc3nc4ccccc4s3)n2-c2ccccc2Cl)cc1. The predicted molar refractivity (Wildman–Crippen MR) is 150 cm³/mol. The van der Waals surface area contributed by atoms with Crippen molar-refractivity contribution in [1.29, 1.82) is 0 Å². The molecule has 5 aromatic rings. The molecule has 12 heteroatoms. The van der Waals surface area contributed by atoms with Gasteiger partial charge >= 0.3 is 0 Å². The minimum Gasteiger partial charge on any atom is -0.497 e. The van der Waals surface area contributed by atoms with Crippen molar-refractivity contribution in [1.82, 2.24) is 25.1 Å². The highest BCUT2D eigenvalue weighted by molar-refractivity contribution is 7.99. The van der Waals surface area contributed by atoms with Crippen LogP contribution in [-0.4, -0.2) is 44.4 Å². The Morgan fingerprint density at radius 3 is 2.55 bits per heavy atom. The third-order valence-electron chi connectivity index (χ3n) is 5.43. The summed E-state index contributed by atoms with van der Waals surface area (Å²) in [6, 6.07) is 21.7. The lowest BCUT2D eigenvalue weighted by molar-refractivity contribution is -0.113. The molecule has 0 atom stereocenters. The first-order valence-corrected chi connectivity index (χ1v) is 13.6. The predicted octanol–water partition coefficient (Wildman–Crippen LogP) is 5.20. The molecule has 38 heavy (non-hydrogen) atoms. The number of para-hydroxylation sites is 2. The summed E-state index contributed by atoms with van der Waals surface area (Å²) >= 11 is 9.11. The van der Waals surface area contributed by atoms with Crippen molar-refractivity contribution in [3.8, 4) is 11.4 Å². The fourth-order valence-corrected chi connectivity index (χ4v) is 5.46. The second kappa shape index (κ2) is 11.6. The number of ether oxygens (including phenoxy) is 1.